The van der Waals surface area contributed by atoms with Gasteiger partial charge in [-0.15, -0.1) is 0 Å². The molecule has 110 valence electrons. The number of hydrogen-bond donors (Lipinski definition) is 2. The Hall–Kier alpha value is -0.910. The minimum absolute atomic E-state index is 0.257. The first kappa shape index (κ1) is 14.0. The summed E-state index contributed by atoms with van der Waals surface area (Å²) in [6.45, 7) is 0.456. The smallest absolute Gasteiger partial charge is 0.213 e. The van der Waals surface area contributed by atoms with E-state index in [0.29, 0.717) is 13.0 Å². The summed E-state index contributed by atoms with van der Waals surface area (Å²) in [5.74, 6) is 0.732. The second-order valence-electron chi connectivity index (χ2n) is 6.05. The Morgan fingerprint density at radius 2 is 1.85 bits per heavy atom. The summed E-state index contributed by atoms with van der Waals surface area (Å²) < 4.78 is 22.7. The molecule has 5 heteroatoms. The lowest BCUT2D eigenvalue weighted by atomic mass is 9.79. The van der Waals surface area contributed by atoms with Crippen molar-refractivity contribution in [1.29, 1.82) is 0 Å². The number of nitrogens with two attached hydrogens (primary N) is 1. The highest BCUT2D eigenvalue weighted by atomic mass is 32.2. The minimum atomic E-state index is -3.41. The molecule has 0 amide bonds. The van der Waals surface area contributed by atoms with Gasteiger partial charge in [-0.05, 0) is 42.7 Å². The van der Waals surface area contributed by atoms with E-state index in [9.17, 15) is 8.42 Å². The van der Waals surface area contributed by atoms with Crippen molar-refractivity contribution < 1.29 is 8.42 Å². The molecule has 4 nitrogen and oxygen atoms in total. The van der Waals surface area contributed by atoms with Crippen LogP contribution in [0, 0.1) is 0 Å². The van der Waals surface area contributed by atoms with Gasteiger partial charge in [0.15, 0.2) is 0 Å². The third-order valence-electron chi connectivity index (χ3n) is 4.72. The number of nitrogens with one attached hydrogen (secondary N) is 1. The maximum Gasteiger partial charge on any atom is 0.213 e. The van der Waals surface area contributed by atoms with Crippen LogP contribution in [0.15, 0.2) is 24.3 Å². The molecule has 1 saturated carbocycles. The third-order valence-corrected chi connectivity index (χ3v) is 6.06. The van der Waals surface area contributed by atoms with E-state index in [1.807, 2.05) is 0 Å². The second-order valence-corrected chi connectivity index (χ2v) is 7.89. The maximum atomic E-state index is 11.4. The minimum Gasteiger partial charge on any atom is -0.309 e. The van der Waals surface area contributed by atoms with Gasteiger partial charge in [0.1, 0.15) is 0 Å². The number of rotatable bonds is 3. The van der Waals surface area contributed by atoms with Crippen molar-refractivity contribution >= 4 is 10.0 Å². The van der Waals surface area contributed by atoms with Gasteiger partial charge >= 0.3 is 0 Å². The van der Waals surface area contributed by atoms with E-state index in [-0.39, 0.29) is 6.04 Å². The molecule has 3 rings (SSSR count). The van der Waals surface area contributed by atoms with Crippen molar-refractivity contribution in [3.63, 3.8) is 0 Å². The summed E-state index contributed by atoms with van der Waals surface area (Å²) in [5.41, 5.74) is 2.71. The van der Waals surface area contributed by atoms with Crippen LogP contribution in [0.5, 0.6) is 0 Å². The fourth-order valence-corrected chi connectivity index (χ4v) is 3.96. The molecule has 20 heavy (non-hydrogen) atoms. The fraction of sp³-hybridized carbons (Fsp3) is 0.600. The van der Waals surface area contributed by atoms with Crippen LogP contribution in [0.2, 0.25) is 0 Å². The molecule has 1 aromatic rings. The Balaban J connectivity index is 1.68. The van der Waals surface area contributed by atoms with Crippen LogP contribution in [-0.2, 0) is 10.0 Å². The van der Waals surface area contributed by atoms with E-state index in [4.69, 9.17) is 5.14 Å². The van der Waals surface area contributed by atoms with Crippen molar-refractivity contribution in [2.75, 3.05) is 6.54 Å². The van der Waals surface area contributed by atoms with Crippen LogP contribution in [0.25, 0.3) is 0 Å². The SMILES string of the molecule is NS(=O)(=O)C1CCC(c2cccc(C3CCC3)c2)NC1. The number of sulfonamides is 1. The zero-order valence-electron chi connectivity index (χ0n) is 11.6. The van der Waals surface area contributed by atoms with Gasteiger partial charge in [0.05, 0.1) is 5.25 Å². The lowest BCUT2D eigenvalue weighted by molar-refractivity contribution is 0.403. The van der Waals surface area contributed by atoms with Crippen LogP contribution in [0.1, 0.15) is 55.2 Å². The molecule has 1 aliphatic carbocycles. The molecule has 2 fully saturated rings. The van der Waals surface area contributed by atoms with Crippen LogP contribution in [-0.4, -0.2) is 20.2 Å². The summed E-state index contributed by atoms with van der Waals surface area (Å²) >= 11 is 0. The number of primary sulfonamides is 1. The van der Waals surface area contributed by atoms with Gasteiger partial charge in [0, 0.05) is 12.6 Å². The van der Waals surface area contributed by atoms with E-state index in [1.54, 1.807) is 0 Å². The van der Waals surface area contributed by atoms with Crippen molar-refractivity contribution in [3.05, 3.63) is 35.4 Å². The van der Waals surface area contributed by atoms with Crippen molar-refractivity contribution in [1.82, 2.24) is 5.32 Å². The number of benzene rings is 1. The van der Waals surface area contributed by atoms with Gasteiger partial charge in [0.25, 0.3) is 0 Å². The van der Waals surface area contributed by atoms with E-state index < -0.39 is 15.3 Å². The van der Waals surface area contributed by atoms with Crippen molar-refractivity contribution in [3.8, 4) is 0 Å². The van der Waals surface area contributed by atoms with Crippen LogP contribution >= 0.6 is 0 Å². The molecule has 1 aromatic carbocycles. The molecule has 1 aliphatic heterocycles. The Labute approximate surface area is 120 Å². The largest absolute Gasteiger partial charge is 0.309 e. The Bertz CT molecular complexity index is 573. The number of piperidine rings is 1. The lowest BCUT2D eigenvalue weighted by Crippen LogP contribution is -2.43. The predicted octanol–water partition coefficient (Wildman–Crippen LogP) is 2.04. The zero-order valence-corrected chi connectivity index (χ0v) is 12.4. The first-order valence-electron chi connectivity index (χ1n) is 7.39. The summed E-state index contributed by atoms with van der Waals surface area (Å²) in [6.07, 6.45) is 5.41. The summed E-state index contributed by atoms with van der Waals surface area (Å²) in [6, 6.07) is 9.02. The summed E-state index contributed by atoms with van der Waals surface area (Å²) in [7, 11) is -3.41. The zero-order chi connectivity index (χ0) is 14.2. The quantitative estimate of drug-likeness (QED) is 0.896. The van der Waals surface area contributed by atoms with Gasteiger partial charge in [-0.3, -0.25) is 0 Å². The molecule has 2 aliphatic rings. The molecule has 0 aromatic heterocycles. The van der Waals surface area contributed by atoms with E-state index in [1.165, 1.54) is 30.4 Å². The molecule has 0 radical (unpaired) electrons. The van der Waals surface area contributed by atoms with Crippen LogP contribution < -0.4 is 10.5 Å². The second kappa shape index (κ2) is 5.47. The first-order valence-corrected chi connectivity index (χ1v) is 9.00. The molecule has 2 unspecified atom stereocenters. The predicted molar refractivity (Wildman–Crippen MR) is 79.9 cm³/mol. The van der Waals surface area contributed by atoms with Gasteiger partial charge in [-0.2, -0.15) is 0 Å². The van der Waals surface area contributed by atoms with Crippen molar-refractivity contribution in [2.24, 2.45) is 5.14 Å². The van der Waals surface area contributed by atoms with E-state index in [2.05, 4.69) is 29.6 Å². The van der Waals surface area contributed by atoms with E-state index >= 15 is 0 Å². The standard InChI is InChI=1S/C15H22N2O2S/c16-20(18,19)14-7-8-15(17-10-14)13-6-2-5-12(9-13)11-3-1-4-11/h2,5-6,9,11,14-15,17H,1,3-4,7-8,10H2,(H2,16,18,19). The van der Waals surface area contributed by atoms with Gasteiger partial charge < -0.3 is 5.32 Å². The Morgan fingerprint density at radius 3 is 2.40 bits per heavy atom. The fourth-order valence-electron chi connectivity index (χ4n) is 3.17. The molecule has 0 bridgehead atoms. The average Bonchev–Trinajstić information content (AvgIpc) is 2.36. The van der Waals surface area contributed by atoms with Gasteiger partial charge in [-0.25, -0.2) is 13.6 Å². The van der Waals surface area contributed by atoms with Crippen LogP contribution in [0.3, 0.4) is 0 Å². The Kier molecular flexibility index (Phi) is 3.84. The van der Waals surface area contributed by atoms with Gasteiger partial charge in [-0.1, -0.05) is 30.7 Å². The molecule has 3 N–H and O–H groups in total. The summed E-state index contributed by atoms with van der Waals surface area (Å²) in [5, 5.41) is 8.11. The normalized spacial score (nSPS) is 28.1. The molecular formula is C15H22N2O2S. The maximum absolute atomic E-state index is 11.4. The highest BCUT2D eigenvalue weighted by molar-refractivity contribution is 7.89. The third kappa shape index (κ3) is 2.90. The lowest BCUT2D eigenvalue weighted by Gasteiger charge is -2.30. The average molecular weight is 294 g/mol. The van der Waals surface area contributed by atoms with E-state index in [0.717, 1.165) is 12.3 Å². The monoisotopic (exact) mass is 294 g/mol. The highest BCUT2D eigenvalue weighted by Gasteiger charge is 2.29. The van der Waals surface area contributed by atoms with Gasteiger partial charge in [0.2, 0.25) is 10.0 Å². The first-order chi connectivity index (χ1) is 9.54. The van der Waals surface area contributed by atoms with Crippen molar-refractivity contribution in [2.45, 2.75) is 49.3 Å². The molecule has 1 saturated heterocycles. The molecule has 1 heterocycles. The molecule has 2 atom stereocenters. The highest BCUT2D eigenvalue weighted by Crippen LogP contribution is 2.37. The number of hydrogen-bond acceptors (Lipinski definition) is 3. The molecule has 0 spiro atoms. The molecular weight excluding hydrogens is 272 g/mol. The van der Waals surface area contributed by atoms with Crippen LogP contribution in [0.4, 0.5) is 0 Å². The summed E-state index contributed by atoms with van der Waals surface area (Å²) in [4.78, 5) is 0. The Morgan fingerprint density at radius 1 is 1.10 bits per heavy atom. The topological polar surface area (TPSA) is 72.2 Å².